The molecule has 3 rings (SSSR count). The van der Waals surface area contributed by atoms with E-state index in [9.17, 15) is 0 Å². The lowest BCUT2D eigenvalue weighted by Gasteiger charge is -2.35. The number of para-hydroxylation sites is 1. The van der Waals surface area contributed by atoms with Crippen LogP contribution in [0, 0.1) is 0 Å². The van der Waals surface area contributed by atoms with E-state index in [-0.39, 0.29) is 6.04 Å². The molecule has 4 heteroatoms. The summed E-state index contributed by atoms with van der Waals surface area (Å²) < 4.78 is 10.8. The van der Waals surface area contributed by atoms with Gasteiger partial charge in [0, 0.05) is 30.4 Å². The van der Waals surface area contributed by atoms with Gasteiger partial charge in [-0.05, 0) is 36.2 Å². The second-order valence-electron chi connectivity index (χ2n) is 5.65. The number of methoxy groups -OCH3 is 2. The van der Waals surface area contributed by atoms with Gasteiger partial charge in [-0.2, -0.15) is 0 Å². The van der Waals surface area contributed by atoms with Crippen LogP contribution >= 0.6 is 0 Å². The van der Waals surface area contributed by atoms with Crippen molar-refractivity contribution in [3.63, 3.8) is 0 Å². The molecule has 1 aliphatic heterocycles. The Balaban J connectivity index is 1.93. The van der Waals surface area contributed by atoms with Crippen LogP contribution < -0.4 is 20.1 Å². The van der Waals surface area contributed by atoms with Crippen LogP contribution in [0.2, 0.25) is 0 Å². The van der Waals surface area contributed by atoms with Crippen LogP contribution in [0.25, 0.3) is 0 Å². The molecule has 0 amide bonds. The minimum absolute atomic E-state index is 0.159. The molecule has 22 heavy (non-hydrogen) atoms. The van der Waals surface area contributed by atoms with Crippen molar-refractivity contribution in [2.75, 3.05) is 25.7 Å². The third-order valence-electron chi connectivity index (χ3n) is 4.12. The van der Waals surface area contributed by atoms with Gasteiger partial charge in [0.05, 0.1) is 14.2 Å². The molecule has 0 bridgehead atoms. The lowest BCUT2D eigenvalue weighted by Crippen LogP contribution is -2.42. The molecule has 4 nitrogen and oxygen atoms in total. The molecule has 2 N–H and O–H groups in total. The lowest BCUT2D eigenvalue weighted by molar-refractivity contribution is 0.398. The predicted octanol–water partition coefficient (Wildman–Crippen LogP) is 2.59. The average Bonchev–Trinajstić information content (AvgIpc) is 2.54. The maximum Gasteiger partial charge on any atom is 0.124 e. The SMILES string of the molecule is COc1ccc(OC)c(CN2CC(N)Cc3ccccc32)c1. The molecule has 1 aliphatic rings. The quantitative estimate of drug-likeness (QED) is 0.942. The Morgan fingerprint density at radius 3 is 2.73 bits per heavy atom. The topological polar surface area (TPSA) is 47.7 Å². The predicted molar refractivity (Wildman–Crippen MR) is 88.7 cm³/mol. The summed E-state index contributed by atoms with van der Waals surface area (Å²) in [5, 5.41) is 0. The largest absolute Gasteiger partial charge is 0.497 e. The van der Waals surface area contributed by atoms with Crippen LogP contribution in [-0.2, 0) is 13.0 Å². The molecule has 0 radical (unpaired) electrons. The Kier molecular flexibility index (Phi) is 4.20. The number of anilines is 1. The molecule has 2 aromatic carbocycles. The summed E-state index contributed by atoms with van der Waals surface area (Å²) in [4.78, 5) is 2.32. The highest BCUT2D eigenvalue weighted by Gasteiger charge is 2.22. The molecule has 0 saturated carbocycles. The van der Waals surface area contributed by atoms with E-state index in [1.54, 1.807) is 14.2 Å². The Morgan fingerprint density at radius 2 is 1.95 bits per heavy atom. The van der Waals surface area contributed by atoms with E-state index >= 15 is 0 Å². The van der Waals surface area contributed by atoms with Crippen LogP contribution in [0.15, 0.2) is 42.5 Å². The normalized spacial score (nSPS) is 17.0. The van der Waals surface area contributed by atoms with E-state index in [4.69, 9.17) is 15.2 Å². The number of nitrogens with two attached hydrogens (primary N) is 1. The first-order valence-electron chi connectivity index (χ1n) is 7.50. The van der Waals surface area contributed by atoms with Gasteiger partial charge < -0.3 is 20.1 Å². The maximum atomic E-state index is 6.22. The summed E-state index contributed by atoms with van der Waals surface area (Å²) in [5.74, 6) is 1.71. The van der Waals surface area contributed by atoms with Crippen molar-refractivity contribution in [2.24, 2.45) is 5.73 Å². The fraction of sp³-hybridized carbons (Fsp3) is 0.333. The molecule has 0 aliphatic carbocycles. The number of hydrogen-bond donors (Lipinski definition) is 1. The van der Waals surface area contributed by atoms with Gasteiger partial charge in [0.2, 0.25) is 0 Å². The number of benzene rings is 2. The highest BCUT2D eigenvalue weighted by atomic mass is 16.5. The monoisotopic (exact) mass is 298 g/mol. The van der Waals surface area contributed by atoms with Crippen molar-refractivity contribution in [2.45, 2.75) is 19.0 Å². The van der Waals surface area contributed by atoms with E-state index in [2.05, 4.69) is 29.2 Å². The molecule has 0 saturated heterocycles. The Bertz CT molecular complexity index is 657. The van der Waals surface area contributed by atoms with Crippen molar-refractivity contribution in [3.05, 3.63) is 53.6 Å². The van der Waals surface area contributed by atoms with Gasteiger partial charge in [0.15, 0.2) is 0 Å². The molecule has 0 aromatic heterocycles. The number of fused-ring (bicyclic) bond motifs is 1. The fourth-order valence-corrected chi connectivity index (χ4v) is 3.08. The molecule has 1 heterocycles. The van der Waals surface area contributed by atoms with Gasteiger partial charge in [-0.3, -0.25) is 0 Å². The first-order valence-corrected chi connectivity index (χ1v) is 7.50. The zero-order valence-electron chi connectivity index (χ0n) is 13.1. The van der Waals surface area contributed by atoms with Crippen molar-refractivity contribution in [3.8, 4) is 11.5 Å². The standard InChI is InChI=1S/C18H22N2O2/c1-21-16-7-8-18(22-2)14(10-16)11-20-12-15(19)9-13-5-3-4-6-17(13)20/h3-8,10,15H,9,11-12,19H2,1-2H3. The zero-order chi connectivity index (χ0) is 15.5. The van der Waals surface area contributed by atoms with E-state index < -0.39 is 0 Å². The number of ether oxygens (including phenoxy) is 2. The van der Waals surface area contributed by atoms with Crippen LogP contribution in [0.1, 0.15) is 11.1 Å². The maximum absolute atomic E-state index is 6.22. The summed E-state index contributed by atoms with van der Waals surface area (Å²) >= 11 is 0. The summed E-state index contributed by atoms with van der Waals surface area (Å²) in [6.07, 6.45) is 0.932. The third kappa shape index (κ3) is 2.88. The highest BCUT2D eigenvalue weighted by molar-refractivity contribution is 5.57. The highest BCUT2D eigenvalue weighted by Crippen LogP contribution is 2.31. The number of hydrogen-bond acceptors (Lipinski definition) is 4. The molecule has 116 valence electrons. The Hall–Kier alpha value is -2.20. The van der Waals surface area contributed by atoms with Crippen LogP contribution in [0.4, 0.5) is 5.69 Å². The Labute approximate surface area is 131 Å². The fourth-order valence-electron chi connectivity index (χ4n) is 3.08. The summed E-state index contributed by atoms with van der Waals surface area (Å²) in [5.41, 5.74) is 9.89. The smallest absolute Gasteiger partial charge is 0.124 e. The van der Waals surface area contributed by atoms with Crippen molar-refractivity contribution < 1.29 is 9.47 Å². The van der Waals surface area contributed by atoms with E-state index in [1.165, 1.54) is 11.3 Å². The molecule has 2 aromatic rings. The van der Waals surface area contributed by atoms with E-state index in [0.717, 1.165) is 36.6 Å². The molecule has 0 spiro atoms. The first-order chi connectivity index (χ1) is 10.7. The van der Waals surface area contributed by atoms with Gasteiger partial charge in [-0.1, -0.05) is 18.2 Å². The lowest BCUT2D eigenvalue weighted by atomic mass is 9.98. The van der Waals surface area contributed by atoms with Crippen LogP contribution in [-0.4, -0.2) is 26.8 Å². The van der Waals surface area contributed by atoms with Gasteiger partial charge in [0.25, 0.3) is 0 Å². The second kappa shape index (κ2) is 6.28. The van der Waals surface area contributed by atoms with Gasteiger partial charge >= 0.3 is 0 Å². The van der Waals surface area contributed by atoms with Gasteiger partial charge in [0.1, 0.15) is 11.5 Å². The van der Waals surface area contributed by atoms with E-state index in [1.807, 2.05) is 18.2 Å². The molecule has 1 atom stereocenters. The van der Waals surface area contributed by atoms with Crippen molar-refractivity contribution in [1.82, 2.24) is 0 Å². The minimum Gasteiger partial charge on any atom is -0.497 e. The molecule has 1 unspecified atom stereocenters. The second-order valence-corrected chi connectivity index (χ2v) is 5.65. The molecule has 0 fully saturated rings. The zero-order valence-corrected chi connectivity index (χ0v) is 13.1. The van der Waals surface area contributed by atoms with Gasteiger partial charge in [-0.25, -0.2) is 0 Å². The average molecular weight is 298 g/mol. The van der Waals surface area contributed by atoms with E-state index in [0.29, 0.717) is 0 Å². The summed E-state index contributed by atoms with van der Waals surface area (Å²) in [6.45, 7) is 1.60. The van der Waals surface area contributed by atoms with Gasteiger partial charge in [-0.15, -0.1) is 0 Å². The van der Waals surface area contributed by atoms with Crippen LogP contribution in [0.3, 0.4) is 0 Å². The first kappa shape index (κ1) is 14.7. The Morgan fingerprint density at radius 1 is 1.14 bits per heavy atom. The summed E-state index contributed by atoms with van der Waals surface area (Å²) in [6, 6.07) is 14.5. The summed E-state index contributed by atoms with van der Waals surface area (Å²) in [7, 11) is 3.37. The number of nitrogens with zero attached hydrogens (tertiary/aromatic N) is 1. The van der Waals surface area contributed by atoms with Crippen molar-refractivity contribution in [1.29, 1.82) is 0 Å². The van der Waals surface area contributed by atoms with Crippen LogP contribution in [0.5, 0.6) is 11.5 Å². The number of rotatable bonds is 4. The molecular weight excluding hydrogens is 276 g/mol. The third-order valence-corrected chi connectivity index (χ3v) is 4.12. The molecular formula is C18H22N2O2. The minimum atomic E-state index is 0.159. The van der Waals surface area contributed by atoms with Crippen molar-refractivity contribution >= 4 is 5.69 Å².